The molecule has 0 spiro atoms. The maximum absolute atomic E-state index is 13.2. The van der Waals surface area contributed by atoms with Crippen LogP contribution in [-0.4, -0.2) is 53.9 Å². The second-order valence-corrected chi connectivity index (χ2v) is 5.87. The van der Waals surface area contributed by atoms with Crippen LogP contribution in [0.3, 0.4) is 0 Å². The van der Waals surface area contributed by atoms with Crippen LogP contribution in [0.1, 0.15) is 23.3 Å². The van der Waals surface area contributed by atoms with Crippen molar-refractivity contribution < 1.29 is 9.18 Å². The highest BCUT2D eigenvalue weighted by atomic mass is 19.1. The third-order valence-electron chi connectivity index (χ3n) is 4.37. The highest BCUT2D eigenvalue weighted by Gasteiger charge is 2.25. The molecule has 1 aliphatic rings. The molecule has 1 aromatic heterocycles. The second-order valence-electron chi connectivity index (χ2n) is 5.87. The van der Waals surface area contributed by atoms with Crippen molar-refractivity contribution in [3.8, 4) is 0 Å². The summed E-state index contributed by atoms with van der Waals surface area (Å²) in [7, 11) is 3.95. The average Bonchev–Trinajstić information content (AvgIpc) is 2.89. The highest BCUT2D eigenvalue weighted by molar-refractivity contribution is 5.98. The van der Waals surface area contributed by atoms with Gasteiger partial charge in [-0.1, -0.05) is 0 Å². The van der Waals surface area contributed by atoms with Crippen LogP contribution in [0.5, 0.6) is 0 Å². The number of fused-ring (bicyclic) bond motifs is 1. The fourth-order valence-electron chi connectivity index (χ4n) is 2.95. The van der Waals surface area contributed by atoms with Gasteiger partial charge in [-0.2, -0.15) is 0 Å². The Morgan fingerprint density at radius 2 is 2.05 bits per heavy atom. The number of carbonyl (C=O) groups is 1. The Morgan fingerprint density at radius 1 is 1.33 bits per heavy atom. The molecule has 21 heavy (non-hydrogen) atoms. The Bertz CT molecular complexity index is 659. The molecule has 1 N–H and O–H groups in total. The first-order chi connectivity index (χ1) is 10.0. The smallest absolute Gasteiger partial charge is 0.270 e. The molecule has 4 nitrogen and oxygen atoms in total. The topological polar surface area (TPSA) is 39.3 Å². The van der Waals surface area contributed by atoms with Crippen molar-refractivity contribution in [2.24, 2.45) is 0 Å². The standard InChI is InChI=1S/C16H20FN3O/c1-19-7-5-13(6-8-19)20(2)16(21)15-9-11-3-4-12(17)10-14(11)18-15/h3-4,9-10,13,18H,5-8H2,1-2H3. The number of rotatable bonds is 2. The van der Waals surface area contributed by atoms with E-state index in [2.05, 4.69) is 16.9 Å². The van der Waals surface area contributed by atoms with E-state index in [9.17, 15) is 9.18 Å². The molecule has 1 aliphatic heterocycles. The van der Waals surface area contributed by atoms with Gasteiger partial charge in [0, 0.05) is 24.0 Å². The minimum absolute atomic E-state index is 0.0267. The minimum atomic E-state index is -0.299. The summed E-state index contributed by atoms with van der Waals surface area (Å²) in [6.07, 6.45) is 1.99. The third-order valence-corrected chi connectivity index (χ3v) is 4.37. The summed E-state index contributed by atoms with van der Waals surface area (Å²) >= 11 is 0. The van der Waals surface area contributed by atoms with E-state index in [4.69, 9.17) is 0 Å². The average molecular weight is 289 g/mol. The van der Waals surface area contributed by atoms with E-state index in [0.29, 0.717) is 11.2 Å². The van der Waals surface area contributed by atoms with Crippen molar-refractivity contribution in [2.45, 2.75) is 18.9 Å². The summed E-state index contributed by atoms with van der Waals surface area (Å²) in [5, 5.41) is 0.858. The van der Waals surface area contributed by atoms with E-state index in [-0.39, 0.29) is 17.8 Å². The molecule has 2 heterocycles. The molecule has 0 aliphatic carbocycles. The zero-order chi connectivity index (χ0) is 15.0. The molecule has 3 rings (SSSR count). The predicted molar refractivity (Wildman–Crippen MR) is 80.9 cm³/mol. The number of H-pyrrole nitrogens is 1. The normalized spacial score (nSPS) is 17.3. The molecule has 0 radical (unpaired) electrons. The number of carbonyl (C=O) groups excluding carboxylic acids is 1. The lowest BCUT2D eigenvalue weighted by Gasteiger charge is -2.34. The molecule has 1 amide bonds. The van der Waals surface area contributed by atoms with Gasteiger partial charge in [-0.05, 0) is 57.2 Å². The predicted octanol–water partition coefficient (Wildman–Crippen LogP) is 2.47. The van der Waals surface area contributed by atoms with Gasteiger partial charge < -0.3 is 14.8 Å². The number of halogens is 1. The van der Waals surface area contributed by atoms with Crippen LogP contribution in [-0.2, 0) is 0 Å². The molecule has 0 bridgehead atoms. The van der Waals surface area contributed by atoms with Crippen molar-refractivity contribution in [2.75, 3.05) is 27.2 Å². The van der Waals surface area contributed by atoms with Gasteiger partial charge >= 0.3 is 0 Å². The van der Waals surface area contributed by atoms with Crippen molar-refractivity contribution >= 4 is 16.8 Å². The fourth-order valence-corrected chi connectivity index (χ4v) is 2.95. The van der Waals surface area contributed by atoms with Gasteiger partial charge in [0.05, 0.1) is 0 Å². The Morgan fingerprint density at radius 3 is 2.76 bits per heavy atom. The van der Waals surface area contributed by atoms with E-state index in [0.717, 1.165) is 31.3 Å². The molecule has 2 aromatic rings. The molecule has 0 saturated carbocycles. The third kappa shape index (κ3) is 2.78. The van der Waals surface area contributed by atoms with Gasteiger partial charge in [0.1, 0.15) is 11.5 Å². The van der Waals surface area contributed by atoms with E-state index in [1.54, 1.807) is 12.1 Å². The Labute approximate surface area is 123 Å². The first-order valence-electron chi connectivity index (χ1n) is 7.28. The van der Waals surface area contributed by atoms with Crippen LogP contribution >= 0.6 is 0 Å². The number of aromatic amines is 1. The van der Waals surface area contributed by atoms with Gasteiger partial charge in [0.25, 0.3) is 5.91 Å². The van der Waals surface area contributed by atoms with E-state index < -0.39 is 0 Å². The van der Waals surface area contributed by atoms with Gasteiger partial charge in [-0.3, -0.25) is 4.79 Å². The van der Waals surface area contributed by atoms with Crippen LogP contribution < -0.4 is 0 Å². The van der Waals surface area contributed by atoms with Crippen molar-refractivity contribution in [3.05, 3.63) is 35.8 Å². The lowest BCUT2D eigenvalue weighted by molar-refractivity contribution is 0.0654. The van der Waals surface area contributed by atoms with Gasteiger partial charge in [-0.25, -0.2) is 4.39 Å². The summed E-state index contributed by atoms with van der Waals surface area (Å²) in [6.45, 7) is 2.03. The SMILES string of the molecule is CN1CCC(N(C)C(=O)c2cc3ccc(F)cc3[nH]2)CC1. The molecule has 0 unspecified atom stereocenters. The molecule has 0 atom stereocenters. The molecule has 1 fully saturated rings. The van der Waals surface area contributed by atoms with Crippen molar-refractivity contribution in [1.82, 2.24) is 14.8 Å². The quantitative estimate of drug-likeness (QED) is 0.922. The summed E-state index contributed by atoms with van der Waals surface area (Å²) in [5.41, 5.74) is 1.19. The summed E-state index contributed by atoms with van der Waals surface area (Å²) < 4.78 is 13.2. The monoisotopic (exact) mass is 289 g/mol. The lowest BCUT2D eigenvalue weighted by atomic mass is 10.0. The molecule has 1 saturated heterocycles. The van der Waals surface area contributed by atoms with Crippen LogP contribution in [0.4, 0.5) is 4.39 Å². The van der Waals surface area contributed by atoms with Crippen LogP contribution in [0, 0.1) is 5.82 Å². The number of benzene rings is 1. The Hall–Kier alpha value is -1.88. The van der Waals surface area contributed by atoms with Crippen LogP contribution in [0.2, 0.25) is 0 Å². The van der Waals surface area contributed by atoms with Crippen LogP contribution in [0.25, 0.3) is 10.9 Å². The first-order valence-corrected chi connectivity index (χ1v) is 7.28. The van der Waals surface area contributed by atoms with E-state index >= 15 is 0 Å². The molecule has 5 heteroatoms. The molecule has 112 valence electrons. The summed E-state index contributed by atoms with van der Waals surface area (Å²) in [4.78, 5) is 19.7. The number of amides is 1. The van der Waals surface area contributed by atoms with E-state index in [1.807, 2.05) is 11.9 Å². The lowest BCUT2D eigenvalue weighted by Crippen LogP contribution is -2.44. The maximum atomic E-state index is 13.2. The Balaban J connectivity index is 1.79. The number of piperidine rings is 1. The number of likely N-dealkylation sites (tertiary alicyclic amines) is 1. The van der Waals surface area contributed by atoms with Crippen molar-refractivity contribution in [3.63, 3.8) is 0 Å². The summed E-state index contributed by atoms with van der Waals surface area (Å²) in [5.74, 6) is -0.326. The van der Waals surface area contributed by atoms with Gasteiger partial charge in [0.15, 0.2) is 0 Å². The highest BCUT2D eigenvalue weighted by Crippen LogP contribution is 2.20. The molecular formula is C16H20FN3O. The molecule has 1 aromatic carbocycles. The second kappa shape index (κ2) is 5.48. The number of nitrogens with zero attached hydrogens (tertiary/aromatic N) is 2. The Kier molecular flexibility index (Phi) is 3.68. The summed E-state index contributed by atoms with van der Waals surface area (Å²) in [6, 6.07) is 6.58. The zero-order valence-electron chi connectivity index (χ0n) is 12.4. The number of hydrogen-bond donors (Lipinski definition) is 1. The number of nitrogens with one attached hydrogen (secondary N) is 1. The molecular weight excluding hydrogens is 269 g/mol. The van der Waals surface area contributed by atoms with Gasteiger partial charge in [-0.15, -0.1) is 0 Å². The van der Waals surface area contributed by atoms with E-state index in [1.165, 1.54) is 12.1 Å². The maximum Gasteiger partial charge on any atom is 0.270 e. The largest absolute Gasteiger partial charge is 0.350 e. The minimum Gasteiger partial charge on any atom is -0.350 e. The number of hydrogen-bond acceptors (Lipinski definition) is 2. The zero-order valence-corrected chi connectivity index (χ0v) is 12.4. The van der Waals surface area contributed by atoms with Gasteiger partial charge in [0.2, 0.25) is 0 Å². The van der Waals surface area contributed by atoms with Crippen LogP contribution in [0.15, 0.2) is 24.3 Å². The van der Waals surface area contributed by atoms with Crippen molar-refractivity contribution in [1.29, 1.82) is 0 Å². The fraction of sp³-hybridized carbons (Fsp3) is 0.438. The first kappa shape index (κ1) is 14.1. The number of aromatic nitrogens is 1.